The van der Waals surface area contributed by atoms with Gasteiger partial charge in [0.2, 0.25) is 0 Å². The Balaban J connectivity index is 1.30. The second kappa shape index (κ2) is 9.66. The van der Waals surface area contributed by atoms with E-state index < -0.39 is 17.6 Å². The number of nitrogens with one attached hydrogen (secondary N) is 1. The van der Waals surface area contributed by atoms with Gasteiger partial charge in [-0.25, -0.2) is 9.48 Å². The van der Waals surface area contributed by atoms with E-state index >= 15 is 0 Å². The highest BCUT2D eigenvalue weighted by Gasteiger charge is 2.64. The summed E-state index contributed by atoms with van der Waals surface area (Å²) in [5, 5.41) is 11.4. The lowest BCUT2D eigenvalue weighted by Gasteiger charge is -2.20. The third kappa shape index (κ3) is 5.74. The third-order valence-electron chi connectivity index (χ3n) is 7.28. The predicted molar refractivity (Wildman–Crippen MR) is 144 cm³/mol. The van der Waals surface area contributed by atoms with Crippen molar-refractivity contribution in [1.29, 1.82) is 0 Å². The van der Waals surface area contributed by atoms with Gasteiger partial charge in [0, 0.05) is 30.0 Å². The number of nitrogens with two attached hydrogens (primary N) is 1. The Morgan fingerprint density at radius 1 is 1.18 bits per heavy atom. The van der Waals surface area contributed by atoms with Gasteiger partial charge < -0.3 is 15.0 Å². The molecule has 2 amide bonds. The molecule has 1 unspecified atom stereocenters. The minimum Gasteiger partial charge on any atom is -0.444 e. The van der Waals surface area contributed by atoms with Crippen molar-refractivity contribution in [2.75, 3.05) is 5.32 Å². The van der Waals surface area contributed by atoms with E-state index in [0.29, 0.717) is 28.4 Å². The summed E-state index contributed by atoms with van der Waals surface area (Å²) in [5.74, 6) is 0.568. The molecule has 10 heteroatoms. The van der Waals surface area contributed by atoms with E-state index in [1.807, 2.05) is 32.0 Å². The van der Waals surface area contributed by atoms with E-state index in [-0.39, 0.29) is 36.0 Å². The lowest BCUT2D eigenvalue weighted by Crippen LogP contribution is -2.29. The second-order valence-corrected chi connectivity index (χ2v) is 12.0. The molecule has 0 radical (unpaired) electrons. The molecule has 0 bridgehead atoms. The summed E-state index contributed by atoms with van der Waals surface area (Å²) in [6.07, 6.45) is 3.45. The normalized spacial score (nSPS) is 17.3. The van der Waals surface area contributed by atoms with Gasteiger partial charge >= 0.3 is 6.09 Å². The molecular formula is C29H35N5O5. The molecule has 3 aromatic rings. The molecule has 2 aliphatic carbocycles. The summed E-state index contributed by atoms with van der Waals surface area (Å²) in [6.45, 7) is 9.00. The Morgan fingerprint density at radius 2 is 1.87 bits per heavy atom. The average molecular weight is 534 g/mol. The number of hydrogen-bond acceptors (Lipinski definition) is 7. The van der Waals surface area contributed by atoms with E-state index in [0.717, 1.165) is 11.3 Å². The minimum atomic E-state index is -0.729. The van der Waals surface area contributed by atoms with Crippen LogP contribution in [0.2, 0.25) is 0 Å². The molecule has 1 atom stereocenters. The summed E-state index contributed by atoms with van der Waals surface area (Å²) >= 11 is 0. The fraction of sp³-hybridized carbons (Fsp3) is 0.483. The van der Waals surface area contributed by atoms with Crippen molar-refractivity contribution in [2.24, 2.45) is 11.1 Å². The molecule has 5 rings (SSSR count). The minimum absolute atomic E-state index is 0.0214. The van der Waals surface area contributed by atoms with Crippen molar-refractivity contribution in [1.82, 2.24) is 14.9 Å². The third-order valence-corrected chi connectivity index (χ3v) is 7.28. The second-order valence-electron chi connectivity index (χ2n) is 12.0. The van der Waals surface area contributed by atoms with Crippen LogP contribution in [0.3, 0.4) is 0 Å². The molecule has 2 saturated carbocycles. The summed E-state index contributed by atoms with van der Waals surface area (Å²) in [7, 11) is 0. The van der Waals surface area contributed by atoms with Gasteiger partial charge in [0.25, 0.3) is 5.91 Å². The van der Waals surface area contributed by atoms with Gasteiger partial charge in [0.05, 0.1) is 12.1 Å². The Labute approximate surface area is 227 Å². The number of nitrogens with zero attached hydrogens (tertiary/aromatic N) is 3. The summed E-state index contributed by atoms with van der Waals surface area (Å²) < 4.78 is 12.3. The number of amides is 2. The number of rotatable bonds is 9. The van der Waals surface area contributed by atoms with Crippen LogP contribution in [0.15, 0.2) is 34.9 Å². The van der Waals surface area contributed by atoms with Crippen LogP contribution in [0.5, 0.6) is 0 Å². The monoisotopic (exact) mass is 533 g/mol. The number of hydrogen-bond donors (Lipinski definition) is 2. The standard InChI is InChI=1S/C29H35N5O5/c1-16(2)34-26(31-27(37)38-28(3,4)5)23(25(30)36)24(32-34)18-8-6-17(7-9-18)12-19(35)13-20-14-22(33-39-20)21-15-29(21)10-11-29/h6-9,14,16,21H,10-13,15H2,1-5H3,(H2,30,36)(H,31,37). The highest BCUT2D eigenvalue weighted by atomic mass is 16.6. The van der Waals surface area contributed by atoms with E-state index in [2.05, 4.69) is 15.6 Å². The zero-order valence-electron chi connectivity index (χ0n) is 23.0. The number of carbonyl (C=O) groups is 3. The zero-order valence-corrected chi connectivity index (χ0v) is 23.0. The Hall–Kier alpha value is -3.95. The molecule has 3 N–H and O–H groups in total. The van der Waals surface area contributed by atoms with Gasteiger partial charge in [-0.05, 0) is 64.9 Å². The highest BCUT2D eigenvalue weighted by Crippen LogP contribution is 2.74. The van der Waals surface area contributed by atoms with Gasteiger partial charge in [-0.1, -0.05) is 29.4 Å². The molecule has 0 saturated heterocycles. The Bertz CT molecular complexity index is 1420. The van der Waals surface area contributed by atoms with Crippen molar-refractivity contribution in [3.8, 4) is 11.3 Å². The van der Waals surface area contributed by atoms with E-state index in [9.17, 15) is 14.4 Å². The quantitative estimate of drug-likeness (QED) is 0.385. The van der Waals surface area contributed by atoms with Gasteiger partial charge in [0.1, 0.15) is 34.2 Å². The topological polar surface area (TPSA) is 142 Å². The van der Waals surface area contributed by atoms with Crippen LogP contribution in [0, 0.1) is 5.41 Å². The summed E-state index contributed by atoms with van der Waals surface area (Å²) in [6, 6.07) is 8.96. The maximum absolute atomic E-state index is 12.7. The Morgan fingerprint density at radius 3 is 2.44 bits per heavy atom. The highest BCUT2D eigenvalue weighted by molar-refractivity contribution is 6.06. The lowest BCUT2D eigenvalue weighted by molar-refractivity contribution is -0.118. The maximum atomic E-state index is 12.7. The number of carbonyl (C=O) groups excluding carboxylic acids is 3. The first kappa shape index (κ1) is 26.6. The molecule has 2 fully saturated rings. The van der Waals surface area contributed by atoms with Crippen molar-refractivity contribution in [3.63, 3.8) is 0 Å². The fourth-order valence-corrected chi connectivity index (χ4v) is 5.08. The van der Waals surface area contributed by atoms with Crippen LogP contribution < -0.4 is 11.1 Å². The largest absolute Gasteiger partial charge is 0.444 e. The first-order valence-corrected chi connectivity index (χ1v) is 13.3. The van der Waals surface area contributed by atoms with Crippen molar-refractivity contribution in [3.05, 3.63) is 52.9 Å². The van der Waals surface area contributed by atoms with Crippen molar-refractivity contribution >= 4 is 23.6 Å². The molecule has 2 aromatic heterocycles. The molecule has 39 heavy (non-hydrogen) atoms. The number of benzene rings is 1. The molecule has 2 aliphatic rings. The SMILES string of the molecule is CC(C)n1nc(-c2ccc(CC(=O)Cc3cc(C4CC45CC5)no3)cc2)c(C(N)=O)c1NC(=O)OC(C)(C)C. The first-order valence-electron chi connectivity index (χ1n) is 13.3. The van der Waals surface area contributed by atoms with Gasteiger partial charge in [-0.2, -0.15) is 5.10 Å². The van der Waals surface area contributed by atoms with Crippen LogP contribution in [0.4, 0.5) is 10.6 Å². The molecule has 1 spiro atoms. The number of aromatic nitrogens is 3. The smallest absolute Gasteiger partial charge is 0.413 e. The van der Waals surface area contributed by atoms with E-state index in [1.165, 1.54) is 23.9 Å². The van der Waals surface area contributed by atoms with E-state index in [1.54, 1.807) is 32.9 Å². The number of ketones is 1. The number of ether oxygens (including phenoxy) is 1. The van der Waals surface area contributed by atoms with Crippen molar-refractivity contribution < 1.29 is 23.6 Å². The lowest BCUT2D eigenvalue weighted by atomic mass is 10.0. The molecule has 10 nitrogen and oxygen atoms in total. The van der Waals surface area contributed by atoms with Crippen LogP contribution in [-0.4, -0.2) is 38.3 Å². The van der Waals surface area contributed by atoms with Gasteiger partial charge in [0.15, 0.2) is 0 Å². The molecular weight excluding hydrogens is 498 g/mol. The molecule has 206 valence electrons. The van der Waals surface area contributed by atoms with Crippen LogP contribution in [0.1, 0.15) is 93.2 Å². The summed E-state index contributed by atoms with van der Waals surface area (Å²) in [5.41, 5.74) is 8.36. The maximum Gasteiger partial charge on any atom is 0.413 e. The number of primary amides is 1. The molecule has 1 aromatic carbocycles. The Kier molecular flexibility index (Phi) is 6.60. The van der Waals surface area contributed by atoms with Gasteiger partial charge in [-0.15, -0.1) is 0 Å². The number of anilines is 1. The van der Waals surface area contributed by atoms with Gasteiger partial charge in [-0.3, -0.25) is 14.9 Å². The van der Waals surface area contributed by atoms with Crippen LogP contribution in [-0.2, 0) is 22.4 Å². The molecule has 0 aliphatic heterocycles. The first-order chi connectivity index (χ1) is 18.3. The van der Waals surface area contributed by atoms with E-state index in [4.69, 9.17) is 15.0 Å². The van der Waals surface area contributed by atoms with Crippen LogP contribution in [0.25, 0.3) is 11.3 Å². The number of Topliss-reactive ketones (excluding diaryl/α,β-unsaturated/α-hetero) is 1. The fourth-order valence-electron chi connectivity index (χ4n) is 5.08. The predicted octanol–water partition coefficient (Wildman–Crippen LogP) is 5.19. The van der Waals surface area contributed by atoms with Crippen molar-refractivity contribution in [2.45, 2.75) is 84.3 Å². The zero-order chi connectivity index (χ0) is 28.1. The average Bonchev–Trinajstić information content (AvgIpc) is 3.65. The summed E-state index contributed by atoms with van der Waals surface area (Å²) in [4.78, 5) is 37.7. The van der Waals surface area contributed by atoms with Crippen LogP contribution >= 0.6 is 0 Å². The molecule has 2 heterocycles.